The van der Waals surface area contributed by atoms with E-state index in [4.69, 9.17) is 0 Å². The van der Waals surface area contributed by atoms with Gasteiger partial charge in [-0.15, -0.1) is 0 Å². The van der Waals surface area contributed by atoms with E-state index in [2.05, 4.69) is 4.98 Å². The van der Waals surface area contributed by atoms with E-state index in [0.29, 0.717) is 15.1 Å². The third kappa shape index (κ3) is 2.06. The minimum Gasteiger partial charge on any atom is -0.305 e. The van der Waals surface area contributed by atoms with Gasteiger partial charge in [-0.25, -0.2) is 17.6 Å². The van der Waals surface area contributed by atoms with Crippen LogP contribution in [-0.4, -0.2) is 17.4 Å². The lowest BCUT2D eigenvalue weighted by Gasteiger charge is -2.08. The number of imidazole rings is 1. The summed E-state index contributed by atoms with van der Waals surface area (Å²) in [6.07, 6.45) is 0. The fourth-order valence-corrected chi connectivity index (χ4v) is 3.84. The standard InChI is InChI=1S/C14H11FN2O3S/c1-9-6-7-10(15)8-13(9)21(19,20)17-12-5-3-2-4-11(12)16-14(17)18/h2-8H,1H3,(H,16,18). The molecule has 1 N–H and O–H groups in total. The van der Waals surface area contributed by atoms with Gasteiger partial charge in [-0.1, -0.05) is 18.2 Å². The zero-order valence-electron chi connectivity index (χ0n) is 11.0. The molecule has 7 heteroatoms. The van der Waals surface area contributed by atoms with E-state index in [1.54, 1.807) is 25.1 Å². The van der Waals surface area contributed by atoms with E-state index in [0.717, 1.165) is 6.07 Å². The average Bonchev–Trinajstić information content (AvgIpc) is 2.77. The number of rotatable bonds is 2. The Morgan fingerprint density at radius 3 is 2.62 bits per heavy atom. The van der Waals surface area contributed by atoms with E-state index < -0.39 is 21.5 Å². The molecule has 0 aliphatic carbocycles. The van der Waals surface area contributed by atoms with Crippen molar-refractivity contribution in [2.24, 2.45) is 0 Å². The number of fused-ring (bicyclic) bond motifs is 1. The van der Waals surface area contributed by atoms with Crippen molar-refractivity contribution in [3.8, 4) is 0 Å². The molecule has 1 heterocycles. The topological polar surface area (TPSA) is 71.9 Å². The summed E-state index contributed by atoms with van der Waals surface area (Å²) in [6.45, 7) is 1.55. The second kappa shape index (κ2) is 4.56. The number of nitrogens with zero attached hydrogens (tertiary/aromatic N) is 1. The average molecular weight is 306 g/mol. The van der Waals surface area contributed by atoms with Crippen molar-refractivity contribution in [2.75, 3.05) is 0 Å². The van der Waals surface area contributed by atoms with Gasteiger partial charge in [0.25, 0.3) is 10.0 Å². The van der Waals surface area contributed by atoms with Gasteiger partial charge in [0.15, 0.2) is 0 Å². The summed E-state index contributed by atoms with van der Waals surface area (Å²) in [7, 11) is -4.17. The van der Waals surface area contributed by atoms with Crippen LogP contribution < -0.4 is 5.69 Å². The van der Waals surface area contributed by atoms with Crippen molar-refractivity contribution in [2.45, 2.75) is 11.8 Å². The minimum absolute atomic E-state index is 0.227. The molecular weight excluding hydrogens is 295 g/mol. The Labute approximate surface area is 119 Å². The highest BCUT2D eigenvalue weighted by atomic mass is 32.2. The summed E-state index contributed by atoms with van der Waals surface area (Å²) in [5.74, 6) is -0.674. The molecule has 0 saturated carbocycles. The van der Waals surface area contributed by atoms with Gasteiger partial charge in [0, 0.05) is 0 Å². The van der Waals surface area contributed by atoms with Gasteiger partial charge >= 0.3 is 5.69 Å². The van der Waals surface area contributed by atoms with Gasteiger partial charge in [-0.05, 0) is 36.8 Å². The summed E-state index contributed by atoms with van der Waals surface area (Å²) in [6, 6.07) is 9.87. The fraction of sp³-hybridized carbons (Fsp3) is 0.0714. The first kappa shape index (κ1) is 13.6. The van der Waals surface area contributed by atoms with Gasteiger partial charge < -0.3 is 4.98 Å². The van der Waals surface area contributed by atoms with E-state index in [9.17, 15) is 17.6 Å². The quantitative estimate of drug-likeness (QED) is 0.787. The highest BCUT2D eigenvalue weighted by Crippen LogP contribution is 2.21. The largest absolute Gasteiger partial charge is 0.340 e. The number of para-hydroxylation sites is 2. The Morgan fingerprint density at radius 2 is 1.86 bits per heavy atom. The van der Waals surface area contributed by atoms with Gasteiger partial charge in [-0.3, -0.25) is 0 Å². The molecule has 1 aromatic heterocycles. The Kier molecular flexibility index (Phi) is 2.94. The molecule has 0 aliphatic heterocycles. The van der Waals surface area contributed by atoms with Gasteiger partial charge in [-0.2, -0.15) is 3.97 Å². The van der Waals surface area contributed by atoms with Gasteiger partial charge in [0.05, 0.1) is 15.9 Å². The van der Waals surface area contributed by atoms with Gasteiger partial charge in [0.2, 0.25) is 0 Å². The minimum atomic E-state index is -4.17. The maximum Gasteiger partial charge on any atom is 0.340 e. The molecule has 0 saturated heterocycles. The van der Waals surface area contributed by atoms with Crippen molar-refractivity contribution in [3.63, 3.8) is 0 Å². The summed E-state index contributed by atoms with van der Waals surface area (Å²) in [4.78, 5) is 14.2. The molecule has 0 fully saturated rings. The Morgan fingerprint density at radius 1 is 1.14 bits per heavy atom. The van der Waals surface area contributed by atoms with Crippen LogP contribution in [0.25, 0.3) is 11.0 Å². The second-order valence-corrected chi connectivity index (χ2v) is 6.38. The van der Waals surface area contributed by atoms with Crippen molar-refractivity contribution >= 4 is 21.1 Å². The molecule has 2 aromatic carbocycles. The highest BCUT2D eigenvalue weighted by molar-refractivity contribution is 7.90. The molecule has 0 spiro atoms. The monoisotopic (exact) mass is 306 g/mol. The molecule has 5 nitrogen and oxygen atoms in total. The molecule has 0 atom stereocenters. The van der Waals surface area contributed by atoms with Crippen molar-refractivity contribution < 1.29 is 12.8 Å². The molecular formula is C14H11FN2O3S. The van der Waals surface area contributed by atoms with Crippen LogP contribution in [-0.2, 0) is 10.0 Å². The zero-order valence-corrected chi connectivity index (χ0v) is 11.8. The number of benzene rings is 2. The molecule has 108 valence electrons. The number of halogens is 1. The molecule has 0 aliphatic rings. The molecule has 3 aromatic rings. The van der Waals surface area contributed by atoms with Crippen LogP contribution >= 0.6 is 0 Å². The van der Waals surface area contributed by atoms with Crippen LogP contribution in [0, 0.1) is 12.7 Å². The number of hydrogen-bond donors (Lipinski definition) is 1. The number of aryl methyl sites for hydroxylation is 1. The normalized spacial score (nSPS) is 11.9. The molecule has 3 rings (SSSR count). The Hall–Kier alpha value is -2.41. The molecule has 21 heavy (non-hydrogen) atoms. The second-order valence-electron chi connectivity index (χ2n) is 4.63. The molecule has 0 amide bonds. The lowest BCUT2D eigenvalue weighted by Crippen LogP contribution is -2.25. The maximum absolute atomic E-state index is 13.4. The van der Waals surface area contributed by atoms with E-state index in [-0.39, 0.29) is 10.4 Å². The number of hydrogen-bond acceptors (Lipinski definition) is 3. The first-order valence-electron chi connectivity index (χ1n) is 6.13. The van der Waals surface area contributed by atoms with Crippen molar-refractivity contribution in [3.05, 3.63) is 64.3 Å². The first-order chi connectivity index (χ1) is 9.91. The number of nitrogens with one attached hydrogen (secondary N) is 1. The van der Waals surface area contributed by atoms with Crippen LogP contribution in [0.5, 0.6) is 0 Å². The zero-order chi connectivity index (χ0) is 15.2. The van der Waals surface area contributed by atoms with Crippen molar-refractivity contribution in [1.29, 1.82) is 0 Å². The third-order valence-electron chi connectivity index (χ3n) is 3.22. The SMILES string of the molecule is Cc1ccc(F)cc1S(=O)(=O)n1c(=O)[nH]c2ccccc21. The lowest BCUT2D eigenvalue weighted by atomic mass is 10.2. The van der Waals surface area contributed by atoms with E-state index in [1.165, 1.54) is 18.2 Å². The Balaban J connectivity index is 2.38. The van der Waals surface area contributed by atoms with Crippen LogP contribution in [0.15, 0.2) is 52.2 Å². The van der Waals surface area contributed by atoms with Crippen LogP contribution in [0.2, 0.25) is 0 Å². The van der Waals surface area contributed by atoms with Crippen LogP contribution in [0.3, 0.4) is 0 Å². The summed E-state index contributed by atoms with van der Waals surface area (Å²) < 4.78 is 39.4. The molecule has 0 radical (unpaired) electrons. The fourth-order valence-electron chi connectivity index (χ4n) is 2.22. The summed E-state index contributed by atoms with van der Waals surface area (Å²) in [5, 5.41) is 0. The smallest absolute Gasteiger partial charge is 0.305 e. The third-order valence-corrected chi connectivity index (χ3v) is 5.06. The molecule has 0 unspecified atom stereocenters. The lowest BCUT2D eigenvalue weighted by molar-refractivity contribution is 0.581. The van der Waals surface area contributed by atoms with E-state index in [1.807, 2.05) is 0 Å². The predicted octanol–water partition coefficient (Wildman–Crippen LogP) is 2.01. The van der Waals surface area contributed by atoms with Crippen LogP contribution in [0.1, 0.15) is 5.56 Å². The Bertz CT molecular complexity index is 1000. The maximum atomic E-state index is 13.4. The van der Waals surface area contributed by atoms with Crippen LogP contribution in [0.4, 0.5) is 4.39 Å². The first-order valence-corrected chi connectivity index (χ1v) is 7.57. The highest BCUT2D eigenvalue weighted by Gasteiger charge is 2.24. The number of H-pyrrole nitrogens is 1. The number of aromatic nitrogens is 2. The number of aromatic amines is 1. The summed E-state index contributed by atoms with van der Waals surface area (Å²) >= 11 is 0. The summed E-state index contributed by atoms with van der Waals surface area (Å²) in [5.41, 5.74) is 0.222. The van der Waals surface area contributed by atoms with Crippen molar-refractivity contribution in [1.82, 2.24) is 8.96 Å². The molecule has 0 bridgehead atoms. The predicted molar refractivity (Wildman–Crippen MR) is 76.3 cm³/mol. The van der Waals surface area contributed by atoms with E-state index >= 15 is 0 Å². The van der Waals surface area contributed by atoms with Gasteiger partial charge in [0.1, 0.15) is 5.82 Å².